The van der Waals surface area contributed by atoms with Crippen molar-refractivity contribution in [2.24, 2.45) is 7.05 Å². The van der Waals surface area contributed by atoms with Gasteiger partial charge in [0.15, 0.2) is 0 Å². The molecule has 0 aliphatic carbocycles. The molecule has 1 aromatic rings. The molecule has 2 heterocycles. The summed E-state index contributed by atoms with van der Waals surface area (Å²) in [4.78, 5) is 14.3. The molecule has 0 unspecified atom stereocenters. The largest absolute Gasteiger partial charge is 0.333 e. The third-order valence-corrected chi connectivity index (χ3v) is 6.42. The lowest BCUT2D eigenvalue weighted by molar-refractivity contribution is 0.191. The fraction of sp³-hybridized carbons (Fsp3) is 0.750. The Bertz CT molecular complexity index is 749. The minimum atomic E-state index is -3.62. The molecule has 9 heteroatoms. The molecule has 0 aromatic carbocycles. The number of nitrogens with zero attached hydrogens (tertiary/aromatic N) is 4. The van der Waals surface area contributed by atoms with Crippen LogP contribution in [0.25, 0.3) is 0 Å². The van der Waals surface area contributed by atoms with Crippen LogP contribution in [-0.2, 0) is 17.1 Å². The Balaban J connectivity index is 2.16. The van der Waals surface area contributed by atoms with Crippen LogP contribution in [0.2, 0.25) is 0 Å². The van der Waals surface area contributed by atoms with E-state index in [1.807, 2.05) is 20.8 Å². The lowest BCUT2D eigenvalue weighted by Gasteiger charge is -2.27. The Kier molecular flexibility index (Phi) is 5.48. The molecule has 142 valence electrons. The summed E-state index contributed by atoms with van der Waals surface area (Å²) in [5.74, 6) is 0. The number of carbonyl (C=O) groups is 1. The highest BCUT2D eigenvalue weighted by molar-refractivity contribution is 7.89. The molecule has 1 aliphatic heterocycles. The Labute approximate surface area is 150 Å². The molecular formula is C16H29N5O3S. The zero-order valence-corrected chi connectivity index (χ0v) is 16.8. The first kappa shape index (κ1) is 19.7. The molecule has 0 atom stereocenters. The van der Waals surface area contributed by atoms with Gasteiger partial charge in [0, 0.05) is 38.8 Å². The van der Waals surface area contributed by atoms with Crippen molar-refractivity contribution in [2.75, 3.05) is 26.2 Å². The summed E-state index contributed by atoms with van der Waals surface area (Å²) in [6.45, 7) is 10.8. The smallest absolute Gasteiger partial charge is 0.317 e. The van der Waals surface area contributed by atoms with E-state index in [2.05, 4.69) is 10.4 Å². The first-order valence-corrected chi connectivity index (χ1v) is 9.95. The van der Waals surface area contributed by atoms with Gasteiger partial charge in [0.2, 0.25) is 10.0 Å². The highest BCUT2D eigenvalue weighted by Crippen LogP contribution is 2.24. The second-order valence-electron chi connectivity index (χ2n) is 7.55. The van der Waals surface area contributed by atoms with Gasteiger partial charge in [-0.2, -0.15) is 9.40 Å². The number of amides is 2. The van der Waals surface area contributed by atoms with E-state index in [9.17, 15) is 13.2 Å². The Morgan fingerprint density at radius 1 is 1.12 bits per heavy atom. The maximum Gasteiger partial charge on any atom is 0.317 e. The van der Waals surface area contributed by atoms with Gasteiger partial charge in [0.1, 0.15) is 4.90 Å². The number of urea groups is 1. The van der Waals surface area contributed by atoms with E-state index in [-0.39, 0.29) is 23.0 Å². The van der Waals surface area contributed by atoms with E-state index in [4.69, 9.17) is 0 Å². The van der Waals surface area contributed by atoms with E-state index in [1.165, 1.54) is 4.31 Å². The number of nitrogens with one attached hydrogen (secondary N) is 1. The number of aromatic nitrogens is 2. The average molecular weight is 372 g/mol. The first-order chi connectivity index (χ1) is 11.4. The second-order valence-corrected chi connectivity index (χ2v) is 9.42. The van der Waals surface area contributed by atoms with E-state index in [0.29, 0.717) is 37.4 Å². The summed E-state index contributed by atoms with van der Waals surface area (Å²) in [6, 6.07) is -0.152. The summed E-state index contributed by atoms with van der Waals surface area (Å²) < 4.78 is 29.2. The van der Waals surface area contributed by atoms with Crippen molar-refractivity contribution in [1.82, 2.24) is 24.3 Å². The van der Waals surface area contributed by atoms with Gasteiger partial charge in [-0.25, -0.2) is 13.2 Å². The van der Waals surface area contributed by atoms with E-state index < -0.39 is 10.0 Å². The van der Waals surface area contributed by atoms with E-state index in [0.717, 1.165) is 0 Å². The monoisotopic (exact) mass is 371 g/mol. The molecular weight excluding hydrogens is 342 g/mol. The van der Waals surface area contributed by atoms with Gasteiger partial charge >= 0.3 is 6.03 Å². The lowest BCUT2D eigenvalue weighted by Crippen LogP contribution is -2.49. The molecule has 1 N–H and O–H groups in total. The summed E-state index contributed by atoms with van der Waals surface area (Å²) >= 11 is 0. The van der Waals surface area contributed by atoms with Gasteiger partial charge < -0.3 is 10.2 Å². The summed E-state index contributed by atoms with van der Waals surface area (Å²) in [5.41, 5.74) is 0.815. The van der Waals surface area contributed by atoms with Crippen molar-refractivity contribution < 1.29 is 13.2 Å². The predicted molar refractivity (Wildman–Crippen MR) is 95.9 cm³/mol. The molecule has 2 rings (SSSR count). The highest BCUT2D eigenvalue weighted by Gasteiger charge is 2.32. The van der Waals surface area contributed by atoms with Crippen molar-refractivity contribution in [2.45, 2.75) is 51.5 Å². The van der Waals surface area contributed by atoms with Gasteiger partial charge in [0.05, 0.1) is 11.4 Å². The predicted octanol–water partition coefficient (Wildman–Crippen LogP) is 1.24. The Morgan fingerprint density at radius 2 is 1.76 bits per heavy atom. The van der Waals surface area contributed by atoms with Crippen LogP contribution in [0.4, 0.5) is 4.79 Å². The van der Waals surface area contributed by atoms with Gasteiger partial charge in [-0.05, 0) is 41.0 Å². The van der Waals surface area contributed by atoms with Crippen LogP contribution in [0.3, 0.4) is 0 Å². The fourth-order valence-electron chi connectivity index (χ4n) is 2.99. The number of carbonyl (C=O) groups excluding carboxylic acids is 1. The lowest BCUT2D eigenvalue weighted by atomic mass is 10.1. The Morgan fingerprint density at radius 3 is 2.28 bits per heavy atom. The third-order valence-electron chi connectivity index (χ3n) is 4.26. The molecule has 1 fully saturated rings. The normalized spacial score (nSPS) is 17.4. The molecule has 25 heavy (non-hydrogen) atoms. The van der Waals surface area contributed by atoms with Gasteiger partial charge in [0.25, 0.3) is 0 Å². The summed E-state index contributed by atoms with van der Waals surface area (Å²) in [7, 11) is -1.88. The second kappa shape index (κ2) is 6.95. The van der Waals surface area contributed by atoms with Crippen molar-refractivity contribution >= 4 is 16.1 Å². The molecule has 8 nitrogen and oxygen atoms in total. The van der Waals surface area contributed by atoms with Crippen LogP contribution >= 0.6 is 0 Å². The van der Waals surface area contributed by atoms with Crippen molar-refractivity contribution in [3.63, 3.8) is 0 Å². The Hall–Kier alpha value is -1.61. The van der Waals surface area contributed by atoms with Crippen LogP contribution in [0.5, 0.6) is 0 Å². The molecule has 1 saturated heterocycles. The van der Waals surface area contributed by atoms with Crippen LogP contribution < -0.4 is 5.32 Å². The van der Waals surface area contributed by atoms with Crippen molar-refractivity contribution in [1.29, 1.82) is 0 Å². The van der Waals surface area contributed by atoms with Crippen LogP contribution in [0, 0.1) is 13.8 Å². The third kappa shape index (κ3) is 4.33. The average Bonchev–Trinajstić information content (AvgIpc) is 2.66. The van der Waals surface area contributed by atoms with Crippen molar-refractivity contribution in [3.05, 3.63) is 11.4 Å². The molecule has 1 aromatic heterocycles. The number of hydrogen-bond donors (Lipinski definition) is 1. The molecule has 0 saturated carbocycles. The maximum atomic E-state index is 13.1. The van der Waals surface area contributed by atoms with E-state index in [1.54, 1.807) is 30.5 Å². The summed E-state index contributed by atoms with van der Waals surface area (Å²) in [5, 5.41) is 7.14. The van der Waals surface area contributed by atoms with Crippen molar-refractivity contribution in [3.8, 4) is 0 Å². The van der Waals surface area contributed by atoms with Crippen LogP contribution in [-0.4, -0.2) is 65.2 Å². The fourth-order valence-corrected chi connectivity index (χ4v) is 4.86. The minimum absolute atomic E-state index is 0.152. The number of sulfonamides is 1. The zero-order chi connectivity index (χ0) is 19.0. The number of rotatable bonds is 2. The molecule has 0 spiro atoms. The molecule has 1 aliphatic rings. The highest BCUT2D eigenvalue weighted by atomic mass is 32.2. The summed E-state index contributed by atoms with van der Waals surface area (Å²) in [6.07, 6.45) is 0.606. The quantitative estimate of drug-likeness (QED) is 0.847. The maximum absolute atomic E-state index is 13.1. The minimum Gasteiger partial charge on any atom is -0.333 e. The van der Waals surface area contributed by atoms with Gasteiger partial charge in [-0.15, -0.1) is 0 Å². The van der Waals surface area contributed by atoms with Crippen LogP contribution in [0.15, 0.2) is 4.90 Å². The molecule has 2 amide bonds. The number of aryl methyl sites for hydroxylation is 2. The van der Waals surface area contributed by atoms with Gasteiger partial charge in [-0.3, -0.25) is 4.68 Å². The number of hydrogen-bond acceptors (Lipinski definition) is 4. The molecule has 0 radical (unpaired) electrons. The zero-order valence-electron chi connectivity index (χ0n) is 16.0. The standard InChI is InChI=1S/C16H29N5O3S/c1-12-14(13(2)19(6)18-12)25(23,24)21-9-7-8-20(10-11-21)15(22)17-16(3,4)5/h7-11H2,1-6H3,(H,17,22). The first-order valence-electron chi connectivity index (χ1n) is 8.51. The van der Waals surface area contributed by atoms with Gasteiger partial charge in [-0.1, -0.05) is 0 Å². The van der Waals surface area contributed by atoms with E-state index >= 15 is 0 Å². The molecule has 0 bridgehead atoms. The SMILES string of the molecule is Cc1nn(C)c(C)c1S(=O)(=O)N1CCCN(C(=O)NC(C)(C)C)CC1. The topological polar surface area (TPSA) is 87.5 Å². The van der Waals surface area contributed by atoms with Crippen LogP contribution in [0.1, 0.15) is 38.6 Å².